The van der Waals surface area contributed by atoms with Crippen LogP contribution in [0, 0.1) is 0 Å². The molecule has 0 aliphatic heterocycles. The van der Waals surface area contributed by atoms with E-state index in [1.165, 1.54) is 0 Å². The Balaban J connectivity index is 2.34. The predicted molar refractivity (Wildman–Crippen MR) is 87.4 cm³/mol. The summed E-state index contributed by atoms with van der Waals surface area (Å²) in [5, 5.41) is 5.06. The van der Waals surface area contributed by atoms with E-state index in [9.17, 15) is 9.59 Å². The van der Waals surface area contributed by atoms with Gasteiger partial charge in [-0.2, -0.15) is 0 Å². The molecule has 0 aliphatic rings. The summed E-state index contributed by atoms with van der Waals surface area (Å²) >= 11 is 3.30. The number of halogens is 1. The summed E-state index contributed by atoms with van der Waals surface area (Å²) in [4.78, 5) is 23.4. The van der Waals surface area contributed by atoms with Gasteiger partial charge in [-0.15, -0.1) is 0 Å². The molecule has 0 aromatic heterocycles. The van der Waals surface area contributed by atoms with E-state index in [1.54, 1.807) is 24.3 Å². The maximum absolute atomic E-state index is 11.7. The number of nitrogens with one attached hydrogen (secondary N) is 2. The number of ether oxygens (including phenoxy) is 2. The van der Waals surface area contributed by atoms with Crippen molar-refractivity contribution in [2.24, 2.45) is 0 Å². The largest absolute Gasteiger partial charge is 0.353 e. The van der Waals surface area contributed by atoms with Crippen molar-refractivity contribution in [2.45, 2.75) is 26.6 Å². The molecule has 122 valence electrons. The summed E-state index contributed by atoms with van der Waals surface area (Å²) in [6, 6.07) is 6.97. The van der Waals surface area contributed by atoms with E-state index in [4.69, 9.17) is 9.47 Å². The molecule has 0 spiro atoms. The van der Waals surface area contributed by atoms with Gasteiger partial charge in [0.15, 0.2) is 6.29 Å². The fourth-order valence-electron chi connectivity index (χ4n) is 1.69. The third kappa shape index (κ3) is 7.02. The van der Waals surface area contributed by atoms with Gasteiger partial charge < -0.3 is 20.1 Å². The molecule has 1 rings (SSSR count). The Labute approximate surface area is 138 Å². The van der Waals surface area contributed by atoms with Crippen molar-refractivity contribution in [1.29, 1.82) is 0 Å². The molecule has 0 aliphatic carbocycles. The normalized spacial score (nSPS) is 10.5. The lowest BCUT2D eigenvalue weighted by Crippen LogP contribution is -2.37. The molecule has 0 radical (unpaired) electrons. The number of amides is 2. The second-order valence-corrected chi connectivity index (χ2v) is 5.26. The highest BCUT2D eigenvalue weighted by Gasteiger charge is 2.14. The number of hydrogen-bond donors (Lipinski definition) is 2. The van der Waals surface area contributed by atoms with Gasteiger partial charge in [-0.1, -0.05) is 15.9 Å². The van der Waals surface area contributed by atoms with Crippen LogP contribution in [0.2, 0.25) is 0 Å². The highest BCUT2D eigenvalue weighted by atomic mass is 79.9. The van der Waals surface area contributed by atoms with E-state index in [0.29, 0.717) is 31.9 Å². The number of carbonyl (C=O) groups excluding carboxylic acids is 2. The molecule has 1 aromatic rings. The molecule has 0 fully saturated rings. The van der Waals surface area contributed by atoms with Crippen LogP contribution >= 0.6 is 15.9 Å². The van der Waals surface area contributed by atoms with Crippen molar-refractivity contribution in [2.75, 3.05) is 25.1 Å². The molecular formula is C15H21BrN2O4. The Morgan fingerprint density at radius 1 is 1.09 bits per heavy atom. The molecule has 2 amide bonds. The highest BCUT2D eigenvalue weighted by Crippen LogP contribution is 2.13. The van der Waals surface area contributed by atoms with Crippen LogP contribution in [0.3, 0.4) is 0 Å². The SMILES string of the molecule is CCOC(CCNC(=O)C(=O)Nc1ccc(Br)cc1)OCC. The second-order valence-electron chi connectivity index (χ2n) is 4.35. The van der Waals surface area contributed by atoms with Crippen molar-refractivity contribution in [3.63, 3.8) is 0 Å². The molecule has 6 nitrogen and oxygen atoms in total. The zero-order valence-electron chi connectivity index (χ0n) is 12.7. The lowest BCUT2D eigenvalue weighted by molar-refractivity contribution is -0.142. The zero-order chi connectivity index (χ0) is 16.4. The summed E-state index contributed by atoms with van der Waals surface area (Å²) in [7, 11) is 0. The van der Waals surface area contributed by atoms with E-state index in [1.807, 2.05) is 13.8 Å². The van der Waals surface area contributed by atoms with Crippen molar-refractivity contribution in [1.82, 2.24) is 5.32 Å². The van der Waals surface area contributed by atoms with E-state index in [0.717, 1.165) is 4.47 Å². The topological polar surface area (TPSA) is 76.7 Å². The fraction of sp³-hybridized carbons (Fsp3) is 0.467. The first-order chi connectivity index (χ1) is 10.6. The van der Waals surface area contributed by atoms with Gasteiger partial charge in [0.1, 0.15) is 0 Å². The fourth-order valence-corrected chi connectivity index (χ4v) is 1.96. The Hall–Kier alpha value is -1.44. The Bertz CT molecular complexity index is 473. The minimum atomic E-state index is -0.702. The van der Waals surface area contributed by atoms with E-state index in [-0.39, 0.29) is 6.29 Å². The summed E-state index contributed by atoms with van der Waals surface area (Å²) in [6.07, 6.45) is 0.115. The van der Waals surface area contributed by atoms with Crippen LogP contribution in [-0.2, 0) is 19.1 Å². The number of carbonyl (C=O) groups is 2. The molecule has 0 unspecified atom stereocenters. The lowest BCUT2D eigenvalue weighted by Gasteiger charge is -2.16. The van der Waals surface area contributed by atoms with Crippen LogP contribution in [0.4, 0.5) is 5.69 Å². The number of rotatable bonds is 8. The molecular weight excluding hydrogens is 352 g/mol. The van der Waals surface area contributed by atoms with Gasteiger partial charge in [0, 0.05) is 36.3 Å². The first kappa shape index (κ1) is 18.6. The molecule has 7 heteroatoms. The van der Waals surface area contributed by atoms with Gasteiger partial charge in [-0.3, -0.25) is 9.59 Å². The maximum atomic E-state index is 11.7. The summed E-state index contributed by atoms with van der Waals surface area (Å²) in [5.74, 6) is -1.39. The van der Waals surface area contributed by atoms with Crippen molar-refractivity contribution in [3.05, 3.63) is 28.7 Å². The molecule has 0 bridgehead atoms. The molecule has 0 atom stereocenters. The quantitative estimate of drug-likeness (QED) is 0.542. The first-order valence-corrected chi connectivity index (χ1v) is 7.94. The van der Waals surface area contributed by atoms with Crippen LogP contribution in [0.25, 0.3) is 0 Å². The molecule has 1 aromatic carbocycles. The Morgan fingerprint density at radius 3 is 2.23 bits per heavy atom. The third-order valence-electron chi connectivity index (χ3n) is 2.68. The van der Waals surface area contributed by atoms with E-state index >= 15 is 0 Å². The summed E-state index contributed by atoms with van der Waals surface area (Å²) in [5.41, 5.74) is 0.560. The number of anilines is 1. The van der Waals surface area contributed by atoms with E-state index in [2.05, 4.69) is 26.6 Å². The van der Waals surface area contributed by atoms with Crippen molar-refractivity contribution >= 4 is 33.4 Å². The van der Waals surface area contributed by atoms with Crippen molar-refractivity contribution in [3.8, 4) is 0 Å². The van der Waals surface area contributed by atoms with Gasteiger partial charge in [-0.05, 0) is 38.1 Å². The van der Waals surface area contributed by atoms with Crippen LogP contribution in [0.5, 0.6) is 0 Å². The summed E-state index contributed by atoms with van der Waals surface area (Å²) < 4.78 is 11.6. The predicted octanol–water partition coefficient (Wildman–Crippen LogP) is 2.29. The van der Waals surface area contributed by atoms with Crippen LogP contribution < -0.4 is 10.6 Å². The van der Waals surface area contributed by atoms with Gasteiger partial charge in [0.05, 0.1) is 0 Å². The smallest absolute Gasteiger partial charge is 0.313 e. The summed E-state index contributed by atoms with van der Waals surface area (Å²) in [6.45, 7) is 5.11. The average molecular weight is 373 g/mol. The van der Waals surface area contributed by atoms with Crippen molar-refractivity contribution < 1.29 is 19.1 Å². The van der Waals surface area contributed by atoms with Gasteiger partial charge in [0.25, 0.3) is 0 Å². The lowest BCUT2D eigenvalue weighted by atomic mass is 10.3. The van der Waals surface area contributed by atoms with Gasteiger partial charge in [0.2, 0.25) is 0 Å². The number of hydrogen-bond acceptors (Lipinski definition) is 4. The molecule has 22 heavy (non-hydrogen) atoms. The zero-order valence-corrected chi connectivity index (χ0v) is 14.3. The van der Waals surface area contributed by atoms with Gasteiger partial charge in [-0.25, -0.2) is 0 Å². The average Bonchev–Trinajstić information content (AvgIpc) is 2.49. The maximum Gasteiger partial charge on any atom is 0.313 e. The highest BCUT2D eigenvalue weighted by molar-refractivity contribution is 9.10. The molecule has 0 saturated carbocycles. The molecule has 0 heterocycles. The standard InChI is InChI=1S/C15H21BrN2O4/c1-3-21-13(22-4-2)9-10-17-14(19)15(20)18-12-7-5-11(16)6-8-12/h5-8,13H,3-4,9-10H2,1-2H3,(H,17,19)(H,18,20). The minimum Gasteiger partial charge on any atom is -0.353 e. The van der Waals surface area contributed by atoms with Gasteiger partial charge >= 0.3 is 11.8 Å². The second kappa shape index (κ2) is 10.3. The van der Waals surface area contributed by atoms with Crippen LogP contribution in [0.15, 0.2) is 28.7 Å². The molecule has 0 saturated heterocycles. The van der Waals surface area contributed by atoms with Crippen LogP contribution in [-0.4, -0.2) is 37.9 Å². The Morgan fingerprint density at radius 2 is 1.68 bits per heavy atom. The Kier molecular flexibility index (Phi) is 8.72. The minimum absolute atomic E-state index is 0.303. The first-order valence-electron chi connectivity index (χ1n) is 7.14. The van der Waals surface area contributed by atoms with E-state index < -0.39 is 11.8 Å². The molecule has 2 N–H and O–H groups in total. The van der Waals surface area contributed by atoms with Crippen LogP contribution in [0.1, 0.15) is 20.3 Å². The third-order valence-corrected chi connectivity index (χ3v) is 3.21. The number of benzene rings is 1. The monoisotopic (exact) mass is 372 g/mol.